The number of nitrogens with one attached hydrogen (secondary N) is 1. The van der Waals surface area contributed by atoms with Crippen LogP contribution in [0.3, 0.4) is 0 Å². The highest BCUT2D eigenvalue weighted by atomic mass is 32.2. The highest BCUT2D eigenvalue weighted by Gasteiger charge is 2.19. The third kappa shape index (κ3) is 5.62. The molecular weight excluding hydrogens is 424 g/mol. The number of carbonyl (C=O) groups is 1. The minimum atomic E-state index is 0.0383. The van der Waals surface area contributed by atoms with Crippen LogP contribution in [-0.4, -0.2) is 39.6 Å². The second kappa shape index (κ2) is 11.0. The Morgan fingerprint density at radius 2 is 1.75 bits per heavy atom. The molecule has 0 radical (unpaired) electrons. The Bertz CT molecular complexity index is 1020. The van der Waals surface area contributed by atoms with E-state index in [0.717, 1.165) is 18.5 Å². The van der Waals surface area contributed by atoms with Crippen molar-refractivity contribution < 1.29 is 14.3 Å². The Morgan fingerprint density at radius 1 is 1.03 bits per heavy atom. The van der Waals surface area contributed by atoms with Crippen molar-refractivity contribution in [3.63, 3.8) is 0 Å². The van der Waals surface area contributed by atoms with Gasteiger partial charge in [0.15, 0.2) is 22.5 Å². The first-order chi connectivity index (χ1) is 15.7. The molecule has 1 aromatic heterocycles. The van der Waals surface area contributed by atoms with E-state index in [0.29, 0.717) is 34.3 Å². The Kier molecular flexibility index (Phi) is 7.66. The summed E-state index contributed by atoms with van der Waals surface area (Å²) in [6.45, 7) is 0.219. The highest BCUT2D eigenvalue weighted by molar-refractivity contribution is 7.99. The first-order valence-corrected chi connectivity index (χ1v) is 11.9. The lowest BCUT2D eigenvalue weighted by atomic mass is 9.95. The van der Waals surface area contributed by atoms with Crippen LogP contribution in [0.25, 0.3) is 5.69 Å². The lowest BCUT2D eigenvalue weighted by Gasteiger charge is -2.22. The summed E-state index contributed by atoms with van der Waals surface area (Å²) in [6.07, 6.45) is 5.79. The lowest BCUT2D eigenvalue weighted by molar-refractivity contribution is -0.119. The largest absolute Gasteiger partial charge is 0.493 e. The van der Waals surface area contributed by atoms with Gasteiger partial charge in [-0.25, -0.2) is 0 Å². The van der Waals surface area contributed by atoms with Gasteiger partial charge in [0.05, 0.1) is 12.9 Å². The number of methoxy groups -OCH3 is 1. The van der Waals surface area contributed by atoms with Crippen LogP contribution in [0.2, 0.25) is 0 Å². The summed E-state index contributed by atoms with van der Waals surface area (Å²) in [7, 11) is 1.61. The molecule has 1 N–H and O–H groups in total. The molecule has 0 saturated heterocycles. The SMILES string of the molecule is COc1ccccc1OCc1nnc(SCC(=O)NC2CCCCC2)n1-c1ccccc1. The van der Waals surface area contributed by atoms with E-state index in [9.17, 15) is 4.79 Å². The van der Waals surface area contributed by atoms with Gasteiger partial charge in [0.1, 0.15) is 6.61 Å². The smallest absolute Gasteiger partial charge is 0.230 e. The fourth-order valence-corrected chi connectivity index (χ4v) is 4.63. The van der Waals surface area contributed by atoms with E-state index < -0.39 is 0 Å². The number of hydrogen-bond donors (Lipinski definition) is 1. The number of thioether (sulfide) groups is 1. The molecule has 0 atom stereocenters. The number of hydrogen-bond acceptors (Lipinski definition) is 6. The number of rotatable bonds is 9. The molecule has 1 amide bonds. The van der Waals surface area contributed by atoms with Crippen LogP contribution in [0.5, 0.6) is 11.5 Å². The maximum Gasteiger partial charge on any atom is 0.230 e. The molecular formula is C24H28N4O3S. The van der Waals surface area contributed by atoms with Gasteiger partial charge in [-0.05, 0) is 37.1 Å². The predicted octanol–water partition coefficient (Wildman–Crippen LogP) is 4.40. The lowest BCUT2D eigenvalue weighted by Crippen LogP contribution is -2.37. The predicted molar refractivity (Wildman–Crippen MR) is 124 cm³/mol. The molecule has 0 unspecified atom stereocenters. The molecule has 0 spiro atoms. The number of para-hydroxylation sites is 3. The monoisotopic (exact) mass is 452 g/mol. The standard InChI is InChI=1S/C24H28N4O3S/c1-30-20-14-8-9-15-21(20)31-16-22-26-27-24(28(22)19-12-6-3-7-13-19)32-17-23(29)25-18-10-4-2-5-11-18/h3,6-9,12-15,18H,2,4-5,10-11,16-17H2,1H3,(H,25,29). The summed E-state index contributed by atoms with van der Waals surface area (Å²) in [6, 6.07) is 17.7. The topological polar surface area (TPSA) is 78.3 Å². The van der Waals surface area contributed by atoms with Crippen molar-refractivity contribution in [1.29, 1.82) is 0 Å². The second-order valence-corrected chi connectivity index (χ2v) is 8.64. The van der Waals surface area contributed by atoms with Gasteiger partial charge in [0, 0.05) is 11.7 Å². The van der Waals surface area contributed by atoms with Gasteiger partial charge in [0.2, 0.25) is 5.91 Å². The zero-order chi connectivity index (χ0) is 22.2. The van der Waals surface area contributed by atoms with Crippen molar-refractivity contribution in [3.8, 4) is 17.2 Å². The van der Waals surface area contributed by atoms with Crippen LogP contribution in [-0.2, 0) is 11.4 Å². The molecule has 7 nitrogen and oxygen atoms in total. The molecule has 1 fully saturated rings. The van der Waals surface area contributed by atoms with Crippen molar-refractivity contribution in [1.82, 2.24) is 20.1 Å². The summed E-state index contributed by atoms with van der Waals surface area (Å²) in [5.41, 5.74) is 0.923. The van der Waals surface area contributed by atoms with E-state index in [1.165, 1.54) is 31.0 Å². The van der Waals surface area contributed by atoms with Gasteiger partial charge in [-0.15, -0.1) is 10.2 Å². The van der Waals surface area contributed by atoms with Gasteiger partial charge in [0.25, 0.3) is 0 Å². The normalized spacial score (nSPS) is 14.2. The number of benzene rings is 2. The average Bonchev–Trinajstić information content (AvgIpc) is 3.25. The molecule has 168 valence electrons. The Hall–Kier alpha value is -3.00. The highest BCUT2D eigenvalue weighted by Crippen LogP contribution is 2.28. The van der Waals surface area contributed by atoms with Crippen LogP contribution in [0.15, 0.2) is 59.8 Å². The maximum absolute atomic E-state index is 12.5. The van der Waals surface area contributed by atoms with E-state index in [-0.39, 0.29) is 12.5 Å². The molecule has 3 aromatic rings. The van der Waals surface area contributed by atoms with Gasteiger partial charge in [-0.2, -0.15) is 0 Å². The van der Waals surface area contributed by atoms with Crippen molar-refractivity contribution >= 4 is 17.7 Å². The molecule has 0 bridgehead atoms. The Morgan fingerprint density at radius 3 is 2.50 bits per heavy atom. The van der Waals surface area contributed by atoms with Gasteiger partial charge in [-0.1, -0.05) is 61.4 Å². The first-order valence-electron chi connectivity index (χ1n) is 10.9. The number of aromatic nitrogens is 3. The minimum absolute atomic E-state index is 0.0383. The summed E-state index contributed by atoms with van der Waals surface area (Å²) < 4.78 is 13.3. The first kappa shape index (κ1) is 22.2. The van der Waals surface area contributed by atoms with Crippen LogP contribution in [0.4, 0.5) is 0 Å². The van der Waals surface area contributed by atoms with E-state index in [1.54, 1.807) is 7.11 Å². The van der Waals surface area contributed by atoms with Crippen molar-refractivity contribution in [2.24, 2.45) is 0 Å². The Labute approximate surface area is 192 Å². The molecule has 2 aromatic carbocycles. The molecule has 32 heavy (non-hydrogen) atoms. The van der Waals surface area contributed by atoms with Crippen LogP contribution in [0, 0.1) is 0 Å². The fraction of sp³-hybridized carbons (Fsp3) is 0.375. The molecule has 8 heteroatoms. The summed E-state index contributed by atoms with van der Waals surface area (Å²) in [4.78, 5) is 12.5. The molecule has 1 aliphatic carbocycles. The van der Waals surface area contributed by atoms with Crippen LogP contribution in [0.1, 0.15) is 37.9 Å². The molecule has 1 heterocycles. The zero-order valence-electron chi connectivity index (χ0n) is 18.2. The van der Waals surface area contributed by atoms with Crippen LogP contribution < -0.4 is 14.8 Å². The summed E-state index contributed by atoms with van der Waals surface area (Å²) >= 11 is 1.39. The van der Waals surface area contributed by atoms with E-state index in [2.05, 4.69) is 15.5 Å². The van der Waals surface area contributed by atoms with Gasteiger partial charge in [-0.3, -0.25) is 9.36 Å². The number of nitrogens with zero attached hydrogens (tertiary/aromatic N) is 3. The zero-order valence-corrected chi connectivity index (χ0v) is 19.0. The maximum atomic E-state index is 12.5. The average molecular weight is 453 g/mol. The van der Waals surface area contributed by atoms with Gasteiger partial charge < -0.3 is 14.8 Å². The molecule has 0 aliphatic heterocycles. The molecule has 4 rings (SSSR count). The van der Waals surface area contributed by atoms with Crippen molar-refractivity contribution in [3.05, 3.63) is 60.4 Å². The summed E-state index contributed by atoms with van der Waals surface area (Å²) in [5, 5.41) is 12.5. The third-order valence-electron chi connectivity index (χ3n) is 5.44. The van der Waals surface area contributed by atoms with Crippen LogP contribution >= 0.6 is 11.8 Å². The van der Waals surface area contributed by atoms with E-state index in [4.69, 9.17) is 9.47 Å². The minimum Gasteiger partial charge on any atom is -0.493 e. The third-order valence-corrected chi connectivity index (χ3v) is 6.37. The number of carbonyl (C=O) groups excluding carboxylic acids is 1. The second-order valence-electron chi connectivity index (χ2n) is 7.70. The summed E-state index contributed by atoms with van der Waals surface area (Å²) in [5.74, 6) is 2.29. The van der Waals surface area contributed by atoms with Crippen molar-refractivity contribution in [2.45, 2.75) is 49.9 Å². The molecule has 1 saturated carbocycles. The van der Waals surface area contributed by atoms with Gasteiger partial charge >= 0.3 is 0 Å². The van der Waals surface area contributed by atoms with Crippen molar-refractivity contribution in [2.75, 3.05) is 12.9 Å². The fourth-order valence-electron chi connectivity index (χ4n) is 3.85. The quantitative estimate of drug-likeness (QED) is 0.485. The number of ether oxygens (including phenoxy) is 2. The number of amides is 1. The van der Waals surface area contributed by atoms with E-state index >= 15 is 0 Å². The Balaban J connectivity index is 1.47. The van der Waals surface area contributed by atoms with E-state index in [1.807, 2.05) is 59.2 Å². The molecule has 1 aliphatic rings.